The fourth-order valence-corrected chi connectivity index (χ4v) is 4.53. The number of piperidine rings is 1. The summed E-state index contributed by atoms with van der Waals surface area (Å²) in [5, 5.41) is 2.18. The van der Waals surface area contributed by atoms with Gasteiger partial charge >= 0.3 is 0 Å². The molecule has 1 saturated heterocycles. The molecule has 11 heteroatoms. The van der Waals surface area contributed by atoms with Gasteiger partial charge in [-0.2, -0.15) is 0 Å². The summed E-state index contributed by atoms with van der Waals surface area (Å²) < 4.78 is 6.89. The molecule has 0 aromatic heterocycles. The van der Waals surface area contributed by atoms with Crippen molar-refractivity contribution in [3.8, 4) is 0 Å². The Hall–Kier alpha value is -2.38. The van der Waals surface area contributed by atoms with E-state index in [9.17, 15) is 24.0 Å². The van der Waals surface area contributed by atoms with Crippen molar-refractivity contribution in [2.75, 3.05) is 17.6 Å². The van der Waals surface area contributed by atoms with Crippen molar-refractivity contribution >= 4 is 52.1 Å². The fraction of sp³-hybridized carbons (Fsp3) is 0.522. The lowest BCUT2D eigenvalue weighted by Gasteiger charge is -2.28. The lowest BCUT2D eigenvalue weighted by atomic mass is 9.98. The molecule has 2 unspecified atom stereocenters. The van der Waals surface area contributed by atoms with Gasteiger partial charge in [0.05, 0.1) is 17.7 Å². The number of nitrogens with zero attached hydrogens (tertiary/aromatic N) is 1. The van der Waals surface area contributed by atoms with Crippen LogP contribution in [0.4, 0.5) is 0 Å². The summed E-state index contributed by atoms with van der Waals surface area (Å²) in [6.07, 6.45) is 3.45. The van der Waals surface area contributed by atoms with E-state index in [1.807, 2.05) is 0 Å². The van der Waals surface area contributed by atoms with Crippen LogP contribution in [0.3, 0.4) is 0 Å². The van der Waals surface area contributed by atoms with Crippen LogP contribution in [-0.4, -0.2) is 58.1 Å². The molecule has 2 atom stereocenters. The lowest BCUT2D eigenvalue weighted by molar-refractivity contribution is -0.140. The Bertz CT molecular complexity index is 968. The largest absolute Gasteiger partial charge is 0.378 e. The molecule has 10 nitrogen and oxygen atoms in total. The molecule has 5 amide bonds. The highest BCUT2D eigenvalue weighted by atomic mass is 127. The summed E-state index contributed by atoms with van der Waals surface area (Å²) in [7, 11) is 0. The molecule has 184 valence electrons. The summed E-state index contributed by atoms with van der Waals surface area (Å²) in [5.74, 6) is -2.78. The van der Waals surface area contributed by atoms with Gasteiger partial charge in [-0.3, -0.25) is 39.0 Å². The Balaban J connectivity index is 1.78. The highest BCUT2D eigenvalue weighted by Gasteiger charge is 2.46. The van der Waals surface area contributed by atoms with Crippen molar-refractivity contribution in [2.45, 2.75) is 57.6 Å². The van der Waals surface area contributed by atoms with Gasteiger partial charge in [-0.05, 0) is 35.3 Å². The Morgan fingerprint density at radius 2 is 1.94 bits per heavy atom. The molecule has 0 radical (unpaired) electrons. The van der Waals surface area contributed by atoms with Gasteiger partial charge < -0.3 is 4.74 Å². The average Bonchev–Trinajstić information content (AvgIpc) is 3.05. The normalized spacial score (nSPS) is 18.6. The molecule has 2 heterocycles. The van der Waals surface area contributed by atoms with Crippen LogP contribution in [0.25, 0.3) is 0 Å². The third kappa shape index (κ3) is 6.19. The van der Waals surface area contributed by atoms with Crippen molar-refractivity contribution in [1.82, 2.24) is 15.7 Å². The van der Waals surface area contributed by atoms with Crippen LogP contribution in [0.1, 0.15) is 77.8 Å². The molecule has 0 aliphatic carbocycles. The van der Waals surface area contributed by atoms with Gasteiger partial charge in [0.25, 0.3) is 11.8 Å². The smallest absolute Gasteiger partial charge is 0.262 e. The Morgan fingerprint density at radius 3 is 2.65 bits per heavy atom. The topological polar surface area (TPSA) is 131 Å². The van der Waals surface area contributed by atoms with Gasteiger partial charge in [0.15, 0.2) is 0 Å². The molecule has 0 spiro atoms. The minimum absolute atomic E-state index is 0.0383. The zero-order valence-electron chi connectivity index (χ0n) is 18.9. The van der Waals surface area contributed by atoms with E-state index in [4.69, 9.17) is 9.57 Å². The van der Waals surface area contributed by atoms with E-state index < -0.39 is 41.7 Å². The number of hydrogen-bond acceptors (Lipinski definition) is 7. The highest BCUT2D eigenvalue weighted by molar-refractivity contribution is 14.1. The number of imide groups is 2. The number of ether oxygens (including phenoxy) is 1. The quantitative estimate of drug-likeness (QED) is 0.127. The van der Waals surface area contributed by atoms with E-state index in [-0.39, 0.29) is 30.6 Å². The summed E-state index contributed by atoms with van der Waals surface area (Å²) >= 11 is 2.35. The first-order valence-corrected chi connectivity index (χ1v) is 12.8. The Kier molecular flexibility index (Phi) is 9.54. The number of rotatable bonds is 12. The first-order valence-electron chi connectivity index (χ1n) is 11.3. The number of alkyl halides is 1. The number of unbranched alkanes of at least 4 members (excludes halogenated alkanes) is 3. The maximum Gasteiger partial charge on any atom is 0.262 e. The predicted octanol–water partition coefficient (Wildman–Crippen LogP) is 2.21. The van der Waals surface area contributed by atoms with E-state index >= 15 is 0 Å². The highest BCUT2D eigenvalue weighted by Crippen LogP contribution is 2.33. The number of carbonyl (C=O) groups is 5. The maximum atomic E-state index is 13.3. The molecule has 34 heavy (non-hydrogen) atoms. The second-order valence-electron chi connectivity index (χ2n) is 8.16. The summed E-state index contributed by atoms with van der Waals surface area (Å²) in [6, 6.07) is 3.69. The third-order valence-electron chi connectivity index (χ3n) is 5.63. The Labute approximate surface area is 211 Å². The van der Waals surface area contributed by atoms with E-state index in [1.54, 1.807) is 12.1 Å². The molecule has 1 aromatic rings. The van der Waals surface area contributed by atoms with Gasteiger partial charge in [-0.25, -0.2) is 5.48 Å². The number of hydroxylamine groups is 1. The standard InChI is InChI=1S/C23H28IN3O7/c1-14(28)26-34-18(13-33-12-5-3-2-4-11-24)15-7-6-8-16-20(15)23(32)27(22(16)31)17-9-10-19(29)25-21(17)30/h6-8,17-18H,2-5,9-13H2,1H3,(H,26,28)(H,25,29,30). The fourth-order valence-electron chi connectivity index (χ4n) is 3.99. The van der Waals surface area contributed by atoms with Gasteiger partial charge in [-0.15, -0.1) is 0 Å². The molecule has 2 N–H and O–H groups in total. The van der Waals surface area contributed by atoms with Crippen molar-refractivity contribution in [2.24, 2.45) is 0 Å². The van der Waals surface area contributed by atoms with Crippen LogP contribution >= 0.6 is 22.6 Å². The minimum Gasteiger partial charge on any atom is -0.378 e. The first-order chi connectivity index (χ1) is 16.3. The van der Waals surface area contributed by atoms with E-state index in [1.165, 1.54) is 13.0 Å². The zero-order chi connectivity index (χ0) is 24.7. The number of fused-ring (bicyclic) bond motifs is 1. The molecular formula is C23H28IN3O7. The van der Waals surface area contributed by atoms with E-state index in [2.05, 4.69) is 33.4 Å². The van der Waals surface area contributed by atoms with Crippen molar-refractivity contribution in [3.05, 3.63) is 34.9 Å². The van der Waals surface area contributed by atoms with Crippen LogP contribution in [0.2, 0.25) is 0 Å². The SMILES string of the molecule is CC(=O)NOC(COCCCCCCI)c1cccc2c1C(=O)N(C1CCC(=O)NC1=O)C2=O. The van der Waals surface area contributed by atoms with E-state index in [0.29, 0.717) is 12.2 Å². The second kappa shape index (κ2) is 12.4. The molecule has 0 saturated carbocycles. The lowest BCUT2D eigenvalue weighted by Crippen LogP contribution is -2.54. The third-order valence-corrected chi connectivity index (χ3v) is 6.40. The molecule has 2 aliphatic heterocycles. The number of benzene rings is 1. The van der Waals surface area contributed by atoms with Crippen LogP contribution in [0.15, 0.2) is 18.2 Å². The summed E-state index contributed by atoms with van der Waals surface area (Å²) in [5.41, 5.74) is 2.92. The number of halogens is 1. The summed E-state index contributed by atoms with van der Waals surface area (Å²) in [6.45, 7) is 1.84. The second-order valence-corrected chi connectivity index (χ2v) is 9.24. The van der Waals surface area contributed by atoms with E-state index in [0.717, 1.165) is 35.0 Å². The van der Waals surface area contributed by atoms with Crippen molar-refractivity contribution in [1.29, 1.82) is 0 Å². The molecule has 1 fully saturated rings. The van der Waals surface area contributed by atoms with Crippen LogP contribution in [0.5, 0.6) is 0 Å². The van der Waals surface area contributed by atoms with Gasteiger partial charge in [0.2, 0.25) is 17.7 Å². The number of hydrogen-bond donors (Lipinski definition) is 2. The number of amides is 5. The summed E-state index contributed by atoms with van der Waals surface area (Å²) in [4.78, 5) is 68.1. The molecule has 2 aliphatic rings. The first kappa shape index (κ1) is 26.2. The molecular weight excluding hydrogens is 557 g/mol. The average molecular weight is 585 g/mol. The van der Waals surface area contributed by atoms with Gasteiger partial charge in [0.1, 0.15) is 12.1 Å². The molecule has 0 bridgehead atoms. The minimum atomic E-state index is -1.06. The Morgan fingerprint density at radius 1 is 1.18 bits per heavy atom. The van der Waals surface area contributed by atoms with Crippen LogP contribution in [-0.2, 0) is 24.0 Å². The van der Waals surface area contributed by atoms with Gasteiger partial charge in [0, 0.05) is 20.0 Å². The van der Waals surface area contributed by atoms with Crippen molar-refractivity contribution in [3.63, 3.8) is 0 Å². The zero-order valence-corrected chi connectivity index (χ0v) is 21.1. The van der Waals surface area contributed by atoms with Gasteiger partial charge in [-0.1, -0.05) is 47.6 Å². The van der Waals surface area contributed by atoms with Crippen LogP contribution in [0, 0.1) is 0 Å². The number of carbonyl (C=O) groups excluding carboxylic acids is 5. The van der Waals surface area contributed by atoms with Crippen molar-refractivity contribution < 1.29 is 33.5 Å². The van der Waals surface area contributed by atoms with Crippen LogP contribution < -0.4 is 10.8 Å². The monoisotopic (exact) mass is 585 g/mol. The number of nitrogens with one attached hydrogen (secondary N) is 2. The maximum absolute atomic E-state index is 13.3. The predicted molar refractivity (Wildman–Crippen MR) is 129 cm³/mol. The molecule has 3 rings (SSSR count). The molecule has 1 aromatic carbocycles.